The van der Waals surface area contributed by atoms with Gasteiger partial charge >= 0.3 is 6.03 Å². The molecule has 1 aromatic carbocycles. The molecule has 0 radical (unpaired) electrons. The maximum Gasteiger partial charge on any atom is 0.328 e. The Bertz CT molecular complexity index is 547. The number of barbiturate groups is 1. The van der Waals surface area contributed by atoms with E-state index in [1.807, 2.05) is 24.3 Å². The largest absolute Gasteiger partial charge is 0.383 e. The fourth-order valence-electron chi connectivity index (χ4n) is 2.38. The molecule has 1 aromatic rings. The predicted octanol–water partition coefficient (Wildman–Crippen LogP) is 0.00700. The fourth-order valence-corrected chi connectivity index (χ4v) is 2.38. The molecule has 6 nitrogen and oxygen atoms in total. The first-order valence-corrected chi connectivity index (χ1v) is 5.60. The molecule has 3 rings (SSSR count). The standard InChI is InChI=1S/C12H11N3O3/c16-9-12(10(17)15-11(18)14-9)5-7-3-1-2-4-8(7)13-6-12/h1-4,13H,5-6H2,(H2,14,15,16,17,18). The third kappa shape index (κ3) is 1.38. The molecule has 92 valence electrons. The van der Waals surface area contributed by atoms with E-state index in [1.54, 1.807) is 0 Å². The van der Waals surface area contributed by atoms with Crippen molar-refractivity contribution in [2.45, 2.75) is 6.42 Å². The number of amides is 4. The number of urea groups is 1. The van der Waals surface area contributed by atoms with Crippen LogP contribution in [0.15, 0.2) is 24.3 Å². The van der Waals surface area contributed by atoms with Gasteiger partial charge in [-0.15, -0.1) is 0 Å². The Morgan fingerprint density at radius 3 is 2.39 bits per heavy atom. The molecule has 1 saturated heterocycles. The third-order valence-corrected chi connectivity index (χ3v) is 3.41. The quantitative estimate of drug-likeness (QED) is 0.562. The van der Waals surface area contributed by atoms with Crippen molar-refractivity contribution in [1.29, 1.82) is 0 Å². The average molecular weight is 245 g/mol. The van der Waals surface area contributed by atoms with E-state index in [-0.39, 0.29) is 6.54 Å². The van der Waals surface area contributed by atoms with Gasteiger partial charge in [0, 0.05) is 12.2 Å². The van der Waals surface area contributed by atoms with Crippen LogP contribution in [0.5, 0.6) is 0 Å². The predicted molar refractivity (Wildman–Crippen MR) is 62.8 cm³/mol. The van der Waals surface area contributed by atoms with Crippen molar-refractivity contribution >= 4 is 23.5 Å². The van der Waals surface area contributed by atoms with Gasteiger partial charge < -0.3 is 5.32 Å². The number of carbonyl (C=O) groups excluding carboxylic acids is 3. The maximum atomic E-state index is 12.0. The number of hydrogen-bond donors (Lipinski definition) is 3. The molecule has 2 heterocycles. The number of hydrogen-bond acceptors (Lipinski definition) is 4. The van der Waals surface area contributed by atoms with Gasteiger partial charge in [-0.2, -0.15) is 0 Å². The number of fused-ring (bicyclic) bond motifs is 1. The molecule has 2 aliphatic heterocycles. The SMILES string of the molecule is O=C1NC(=O)C2(CNc3ccccc3C2)C(=O)N1. The van der Waals surface area contributed by atoms with Crippen LogP contribution in [0.1, 0.15) is 5.56 Å². The van der Waals surface area contributed by atoms with Gasteiger partial charge in [-0.25, -0.2) is 4.79 Å². The second kappa shape index (κ2) is 3.56. The number of imide groups is 2. The number of rotatable bonds is 0. The van der Waals surface area contributed by atoms with Crippen LogP contribution < -0.4 is 16.0 Å². The molecule has 18 heavy (non-hydrogen) atoms. The lowest BCUT2D eigenvalue weighted by Gasteiger charge is -2.38. The normalized spacial score (nSPS) is 20.8. The van der Waals surface area contributed by atoms with Gasteiger partial charge in [0.25, 0.3) is 0 Å². The van der Waals surface area contributed by atoms with Gasteiger partial charge in [-0.3, -0.25) is 20.2 Å². The van der Waals surface area contributed by atoms with Crippen molar-refractivity contribution in [1.82, 2.24) is 10.6 Å². The van der Waals surface area contributed by atoms with Gasteiger partial charge in [0.1, 0.15) is 5.41 Å². The van der Waals surface area contributed by atoms with Crippen molar-refractivity contribution in [3.05, 3.63) is 29.8 Å². The zero-order chi connectivity index (χ0) is 12.8. The molecule has 1 fully saturated rings. The summed E-state index contributed by atoms with van der Waals surface area (Å²) in [6.07, 6.45) is 0.293. The molecule has 0 bridgehead atoms. The summed E-state index contributed by atoms with van der Waals surface area (Å²) in [5.74, 6) is -1.09. The molecule has 0 aromatic heterocycles. The monoisotopic (exact) mass is 245 g/mol. The summed E-state index contributed by atoms with van der Waals surface area (Å²) in [6.45, 7) is 0.189. The van der Waals surface area contributed by atoms with Crippen LogP contribution in [0.3, 0.4) is 0 Å². The van der Waals surface area contributed by atoms with Crippen molar-refractivity contribution in [3.63, 3.8) is 0 Å². The fraction of sp³-hybridized carbons (Fsp3) is 0.250. The molecular weight excluding hydrogens is 234 g/mol. The van der Waals surface area contributed by atoms with Gasteiger partial charge in [-0.05, 0) is 18.1 Å². The minimum absolute atomic E-state index is 0.189. The van der Waals surface area contributed by atoms with E-state index in [2.05, 4.69) is 16.0 Å². The van der Waals surface area contributed by atoms with Crippen LogP contribution in [0.2, 0.25) is 0 Å². The summed E-state index contributed by atoms with van der Waals surface area (Å²) in [5.41, 5.74) is 0.575. The second-order valence-electron chi connectivity index (χ2n) is 4.51. The van der Waals surface area contributed by atoms with Crippen LogP contribution in [0.4, 0.5) is 10.5 Å². The van der Waals surface area contributed by atoms with E-state index in [0.29, 0.717) is 6.42 Å². The van der Waals surface area contributed by atoms with E-state index < -0.39 is 23.3 Å². The van der Waals surface area contributed by atoms with Crippen LogP contribution >= 0.6 is 0 Å². The Labute approximate surface area is 103 Å². The van der Waals surface area contributed by atoms with E-state index in [0.717, 1.165) is 11.3 Å². The first-order valence-electron chi connectivity index (χ1n) is 5.60. The maximum absolute atomic E-state index is 12.0. The summed E-state index contributed by atoms with van der Waals surface area (Å²) in [4.78, 5) is 35.0. The highest BCUT2D eigenvalue weighted by molar-refractivity contribution is 6.20. The van der Waals surface area contributed by atoms with Crippen molar-refractivity contribution in [2.75, 3.05) is 11.9 Å². The van der Waals surface area contributed by atoms with Crippen LogP contribution in [0.25, 0.3) is 0 Å². The van der Waals surface area contributed by atoms with E-state index >= 15 is 0 Å². The van der Waals surface area contributed by atoms with Crippen molar-refractivity contribution in [3.8, 4) is 0 Å². The molecule has 0 unspecified atom stereocenters. The highest BCUT2D eigenvalue weighted by atomic mass is 16.2. The number of para-hydroxylation sites is 1. The summed E-state index contributed by atoms with van der Waals surface area (Å²) in [7, 11) is 0. The Hall–Kier alpha value is -2.37. The lowest BCUT2D eigenvalue weighted by Crippen LogP contribution is -2.66. The van der Waals surface area contributed by atoms with E-state index in [4.69, 9.17) is 0 Å². The molecular formula is C12H11N3O3. The highest BCUT2D eigenvalue weighted by Crippen LogP contribution is 2.34. The first kappa shape index (κ1) is 10.8. The van der Waals surface area contributed by atoms with Crippen LogP contribution in [-0.4, -0.2) is 24.4 Å². The average Bonchev–Trinajstić information content (AvgIpc) is 2.36. The van der Waals surface area contributed by atoms with Crippen LogP contribution in [0, 0.1) is 5.41 Å². The van der Waals surface area contributed by atoms with Gasteiger partial charge in [0.05, 0.1) is 0 Å². The molecule has 3 N–H and O–H groups in total. The molecule has 0 atom stereocenters. The summed E-state index contributed by atoms with van der Waals surface area (Å²) in [5, 5.41) is 7.37. The molecule has 2 aliphatic rings. The van der Waals surface area contributed by atoms with Gasteiger partial charge in [-0.1, -0.05) is 18.2 Å². The zero-order valence-corrected chi connectivity index (χ0v) is 9.45. The molecule has 4 amide bonds. The summed E-state index contributed by atoms with van der Waals surface area (Å²) in [6, 6.07) is 6.73. The molecule has 6 heteroatoms. The number of anilines is 1. The number of carbonyl (C=O) groups is 3. The number of nitrogens with one attached hydrogen (secondary N) is 3. The first-order chi connectivity index (χ1) is 8.62. The molecule has 1 spiro atoms. The second-order valence-corrected chi connectivity index (χ2v) is 4.51. The highest BCUT2D eigenvalue weighted by Gasteiger charge is 2.51. The van der Waals surface area contributed by atoms with Crippen molar-refractivity contribution < 1.29 is 14.4 Å². The zero-order valence-electron chi connectivity index (χ0n) is 9.45. The molecule has 0 aliphatic carbocycles. The van der Waals surface area contributed by atoms with Gasteiger partial charge in [0.2, 0.25) is 11.8 Å². The lowest BCUT2D eigenvalue weighted by molar-refractivity contribution is -0.143. The van der Waals surface area contributed by atoms with E-state index in [9.17, 15) is 14.4 Å². The summed E-state index contributed by atoms with van der Waals surface area (Å²) >= 11 is 0. The number of benzene rings is 1. The van der Waals surface area contributed by atoms with E-state index in [1.165, 1.54) is 0 Å². The van der Waals surface area contributed by atoms with Crippen molar-refractivity contribution in [2.24, 2.45) is 5.41 Å². The summed E-state index contributed by atoms with van der Waals surface area (Å²) < 4.78 is 0. The van der Waals surface area contributed by atoms with Gasteiger partial charge in [0.15, 0.2) is 0 Å². The topological polar surface area (TPSA) is 87.3 Å². The van der Waals surface area contributed by atoms with Crippen LogP contribution in [-0.2, 0) is 16.0 Å². The third-order valence-electron chi connectivity index (χ3n) is 3.41. The Kier molecular flexibility index (Phi) is 2.13. The Morgan fingerprint density at radius 2 is 1.67 bits per heavy atom. The molecule has 0 saturated carbocycles. The minimum atomic E-state index is -1.23. The lowest BCUT2D eigenvalue weighted by atomic mass is 9.76. The Balaban J connectivity index is 2.01. The Morgan fingerprint density at radius 1 is 1.00 bits per heavy atom. The smallest absolute Gasteiger partial charge is 0.328 e. The minimum Gasteiger partial charge on any atom is -0.383 e.